The molecule has 0 aromatic heterocycles. The van der Waals surface area contributed by atoms with Crippen LogP contribution in [0.25, 0.3) is 0 Å². The lowest BCUT2D eigenvalue weighted by Gasteiger charge is -2.13. The Balaban J connectivity index is 2.23. The lowest BCUT2D eigenvalue weighted by atomic mass is 10.2. The zero-order chi connectivity index (χ0) is 16.8. The van der Waals surface area contributed by atoms with E-state index in [0.29, 0.717) is 23.1 Å². The molecule has 0 spiro atoms. The van der Waals surface area contributed by atoms with E-state index < -0.39 is 12.6 Å². The van der Waals surface area contributed by atoms with E-state index in [0.717, 1.165) is 12.8 Å². The minimum Gasteiger partial charge on any atom is -0.489 e. The van der Waals surface area contributed by atoms with Crippen LogP contribution in [-0.4, -0.2) is 30.5 Å². The second kappa shape index (κ2) is 8.14. The maximum absolute atomic E-state index is 12.5. The van der Waals surface area contributed by atoms with E-state index in [1.165, 1.54) is 24.8 Å². The number of benzene rings is 1. The molecular weight excluding hydrogens is 328 g/mol. The first-order valence-corrected chi connectivity index (χ1v) is 8.23. The summed E-state index contributed by atoms with van der Waals surface area (Å²) in [5.74, 6) is 0.115. The fraction of sp³-hybridized carbons (Fsp3) is 0.467. The predicted molar refractivity (Wildman–Crippen MR) is 83.1 cm³/mol. The number of hydrogen-bond donors (Lipinski definition) is 0. The lowest BCUT2D eigenvalue weighted by Crippen LogP contribution is -2.07. The SMILES string of the molecule is CSC(=NOC(C)=O)c1ccc(OC(F)F)c(OCC2CC2)c1. The number of halogens is 2. The summed E-state index contributed by atoms with van der Waals surface area (Å²) in [5, 5.41) is 4.17. The number of alkyl halides is 2. The van der Waals surface area contributed by atoms with Crippen molar-refractivity contribution in [1.29, 1.82) is 0 Å². The molecule has 0 radical (unpaired) electrons. The van der Waals surface area contributed by atoms with Crippen molar-refractivity contribution in [3.63, 3.8) is 0 Å². The molecule has 8 heteroatoms. The Bertz CT molecular complexity index is 591. The highest BCUT2D eigenvalue weighted by Gasteiger charge is 2.23. The Morgan fingerprint density at radius 3 is 2.70 bits per heavy atom. The van der Waals surface area contributed by atoms with Gasteiger partial charge in [-0.2, -0.15) is 8.78 Å². The topological polar surface area (TPSA) is 57.1 Å². The van der Waals surface area contributed by atoms with E-state index in [9.17, 15) is 13.6 Å². The molecule has 0 N–H and O–H groups in total. The van der Waals surface area contributed by atoms with E-state index in [1.807, 2.05) is 0 Å². The van der Waals surface area contributed by atoms with Gasteiger partial charge in [0.25, 0.3) is 0 Å². The van der Waals surface area contributed by atoms with Gasteiger partial charge in [-0.15, -0.1) is 11.8 Å². The third-order valence-electron chi connectivity index (χ3n) is 3.03. The summed E-state index contributed by atoms with van der Waals surface area (Å²) in [6, 6.07) is 4.50. The van der Waals surface area contributed by atoms with Crippen LogP contribution in [0.4, 0.5) is 8.78 Å². The van der Waals surface area contributed by atoms with Gasteiger partial charge < -0.3 is 14.3 Å². The molecular formula is C15H17F2NO4S. The number of oxime groups is 1. The van der Waals surface area contributed by atoms with Crippen LogP contribution < -0.4 is 9.47 Å². The Hall–Kier alpha value is -1.83. The Morgan fingerprint density at radius 1 is 1.39 bits per heavy atom. The van der Waals surface area contributed by atoms with Crippen molar-refractivity contribution in [2.45, 2.75) is 26.4 Å². The largest absolute Gasteiger partial charge is 0.489 e. The smallest absolute Gasteiger partial charge is 0.387 e. The van der Waals surface area contributed by atoms with Gasteiger partial charge in [0.2, 0.25) is 0 Å². The summed E-state index contributed by atoms with van der Waals surface area (Å²) in [7, 11) is 0. The summed E-state index contributed by atoms with van der Waals surface area (Å²) < 4.78 is 35.0. The average molecular weight is 345 g/mol. The van der Waals surface area contributed by atoms with Gasteiger partial charge in [0, 0.05) is 12.5 Å². The number of thioether (sulfide) groups is 1. The van der Waals surface area contributed by atoms with Crippen LogP contribution in [0.1, 0.15) is 25.3 Å². The summed E-state index contributed by atoms with van der Waals surface area (Å²) in [4.78, 5) is 15.5. The van der Waals surface area contributed by atoms with Gasteiger partial charge >= 0.3 is 12.6 Å². The molecule has 2 rings (SSSR count). The van der Waals surface area contributed by atoms with Gasteiger partial charge in [-0.05, 0) is 43.2 Å². The van der Waals surface area contributed by atoms with Gasteiger partial charge in [0.1, 0.15) is 5.04 Å². The third-order valence-corrected chi connectivity index (χ3v) is 3.73. The van der Waals surface area contributed by atoms with Crippen LogP contribution in [0.15, 0.2) is 23.4 Å². The van der Waals surface area contributed by atoms with Crippen molar-refractivity contribution in [3.05, 3.63) is 23.8 Å². The molecule has 0 bridgehead atoms. The van der Waals surface area contributed by atoms with E-state index >= 15 is 0 Å². The highest BCUT2D eigenvalue weighted by molar-refractivity contribution is 8.13. The quantitative estimate of drug-likeness (QED) is 0.327. The monoisotopic (exact) mass is 345 g/mol. The fourth-order valence-corrected chi connectivity index (χ4v) is 2.23. The van der Waals surface area contributed by atoms with Crippen molar-refractivity contribution >= 4 is 22.8 Å². The molecule has 1 saturated carbocycles. The normalized spacial score (nSPS) is 14.7. The molecule has 0 aliphatic heterocycles. The first-order valence-electron chi connectivity index (χ1n) is 7.01. The highest BCUT2D eigenvalue weighted by Crippen LogP contribution is 2.34. The third kappa shape index (κ3) is 5.70. The van der Waals surface area contributed by atoms with Crippen molar-refractivity contribution in [3.8, 4) is 11.5 Å². The van der Waals surface area contributed by atoms with Crippen LogP contribution in [0.5, 0.6) is 11.5 Å². The zero-order valence-corrected chi connectivity index (χ0v) is 13.6. The Morgan fingerprint density at radius 2 is 2.13 bits per heavy atom. The molecule has 126 valence electrons. The molecule has 1 fully saturated rings. The molecule has 0 amide bonds. The molecule has 1 aliphatic rings. The maximum Gasteiger partial charge on any atom is 0.387 e. The van der Waals surface area contributed by atoms with Gasteiger partial charge in [0.05, 0.1) is 6.61 Å². The fourth-order valence-electron chi connectivity index (χ4n) is 1.75. The predicted octanol–water partition coefficient (Wildman–Crippen LogP) is 3.66. The van der Waals surface area contributed by atoms with E-state index in [-0.39, 0.29) is 11.5 Å². The first kappa shape index (κ1) is 17.5. The zero-order valence-electron chi connectivity index (χ0n) is 12.8. The summed E-state index contributed by atoms with van der Waals surface area (Å²) in [6.45, 7) is -1.23. The standard InChI is InChI=1S/C15H17F2NO4S/c1-9(19)22-18-14(23-2)11-5-6-12(21-15(16)17)13(7-11)20-8-10-3-4-10/h5-7,10,15H,3-4,8H2,1-2H3. The number of hydrogen-bond acceptors (Lipinski definition) is 6. The van der Waals surface area contributed by atoms with Crippen LogP contribution >= 0.6 is 11.8 Å². The molecule has 1 aromatic carbocycles. The molecule has 1 aromatic rings. The molecule has 0 heterocycles. The summed E-state index contributed by atoms with van der Waals surface area (Å²) >= 11 is 1.26. The molecule has 23 heavy (non-hydrogen) atoms. The number of ether oxygens (including phenoxy) is 2. The number of nitrogens with zero attached hydrogens (tertiary/aromatic N) is 1. The van der Waals surface area contributed by atoms with Crippen LogP contribution in [0, 0.1) is 5.92 Å². The Labute approximate surface area is 137 Å². The highest BCUT2D eigenvalue weighted by atomic mass is 32.2. The molecule has 0 atom stereocenters. The van der Waals surface area contributed by atoms with Gasteiger partial charge in [-0.25, -0.2) is 4.79 Å². The van der Waals surface area contributed by atoms with Gasteiger partial charge in [-0.3, -0.25) is 0 Å². The number of carbonyl (C=O) groups excluding carboxylic acids is 1. The average Bonchev–Trinajstić information content (AvgIpc) is 3.31. The van der Waals surface area contributed by atoms with Gasteiger partial charge in [-0.1, -0.05) is 5.16 Å². The Kier molecular flexibility index (Phi) is 6.20. The van der Waals surface area contributed by atoms with Crippen LogP contribution in [0.2, 0.25) is 0 Å². The van der Waals surface area contributed by atoms with Gasteiger partial charge in [0.15, 0.2) is 11.5 Å². The minimum atomic E-state index is -2.93. The number of carbonyl (C=O) groups is 1. The van der Waals surface area contributed by atoms with Crippen molar-refractivity contribution in [1.82, 2.24) is 0 Å². The summed E-state index contributed by atoms with van der Waals surface area (Å²) in [5.41, 5.74) is 0.589. The van der Waals surface area contributed by atoms with E-state index in [4.69, 9.17) is 4.74 Å². The minimum absolute atomic E-state index is 0.0302. The molecule has 1 aliphatic carbocycles. The van der Waals surface area contributed by atoms with E-state index in [2.05, 4.69) is 14.7 Å². The summed E-state index contributed by atoms with van der Waals surface area (Å²) in [6.07, 6.45) is 3.92. The van der Waals surface area contributed by atoms with Crippen molar-refractivity contribution < 1.29 is 27.9 Å². The van der Waals surface area contributed by atoms with Crippen LogP contribution in [0.3, 0.4) is 0 Å². The molecule has 0 saturated heterocycles. The van der Waals surface area contributed by atoms with Crippen LogP contribution in [-0.2, 0) is 9.63 Å². The number of rotatable bonds is 7. The maximum atomic E-state index is 12.5. The van der Waals surface area contributed by atoms with Crippen molar-refractivity contribution in [2.75, 3.05) is 12.9 Å². The second-order valence-electron chi connectivity index (χ2n) is 4.98. The molecule has 0 unspecified atom stereocenters. The van der Waals surface area contributed by atoms with E-state index in [1.54, 1.807) is 18.4 Å². The molecule has 5 nitrogen and oxygen atoms in total. The second-order valence-corrected chi connectivity index (χ2v) is 5.77. The lowest BCUT2D eigenvalue weighted by molar-refractivity contribution is -0.140. The first-order chi connectivity index (χ1) is 11.0. The van der Waals surface area contributed by atoms with Crippen molar-refractivity contribution in [2.24, 2.45) is 11.1 Å².